The normalized spacial score (nSPS) is 23.4. The van der Waals surface area contributed by atoms with Crippen molar-refractivity contribution in [2.45, 2.75) is 30.2 Å². The Bertz CT molecular complexity index is 832. The van der Waals surface area contributed by atoms with E-state index >= 15 is 0 Å². The van der Waals surface area contributed by atoms with E-state index in [1.54, 1.807) is 41.4 Å². The predicted octanol–water partition coefficient (Wildman–Crippen LogP) is 2.11. The number of nitriles is 1. The van der Waals surface area contributed by atoms with E-state index in [1.807, 2.05) is 6.92 Å². The second-order valence-corrected chi connectivity index (χ2v) is 7.91. The van der Waals surface area contributed by atoms with Crippen molar-refractivity contribution in [2.24, 2.45) is 11.7 Å². The monoisotopic (exact) mass is 357 g/mol. The average molecular weight is 357 g/mol. The van der Waals surface area contributed by atoms with E-state index in [9.17, 15) is 9.35 Å². The third-order valence-electron chi connectivity index (χ3n) is 4.54. The van der Waals surface area contributed by atoms with Gasteiger partial charge in [-0.15, -0.1) is 0 Å². The molecule has 1 unspecified atom stereocenters. The number of amides is 1. The number of benzene rings is 1. The summed E-state index contributed by atoms with van der Waals surface area (Å²) in [4.78, 5) is 12.5. The van der Waals surface area contributed by atoms with E-state index in [4.69, 9.17) is 11.0 Å². The van der Waals surface area contributed by atoms with Gasteiger partial charge in [0.25, 0.3) is 5.91 Å². The molecule has 0 spiro atoms. The maximum Gasteiger partial charge on any atom is 0.254 e. The van der Waals surface area contributed by atoms with Gasteiger partial charge in [0.2, 0.25) is 0 Å². The molecule has 1 heterocycles. The summed E-state index contributed by atoms with van der Waals surface area (Å²) in [5, 5.41) is 16.6. The lowest BCUT2D eigenvalue weighted by Gasteiger charge is -2.42. The highest BCUT2D eigenvalue weighted by Crippen LogP contribution is 2.43. The van der Waals surface area contributed by atoms with Crippen LogP contribution >= 0.6 is 0 Å². The van der Waals surface area contributed by atoms with Gasteiger partial charge in [-0.3, -0.25) is 9.48 Å². The van der Waals surface area contributed by atoms with Gasteiger partial charge in [0.15, 0.2) is 10.7 Å². The molecule has 1 aliphatic rings. The first-order chi connectivity index (χ1) is 11.8. The molecule has 0 saturated heterocycles. The molecule has 7 nitrogen and oxygen atoms in total. The highest BCUT2D eigenvalue weighted by molar-refractivity contribution is 7.90. The first kappa shape index (κ1) is 17.3. The van der Waals surface area contributed by atoms with Crippen LogP contribution in [0.3, 0.4) is 0 Å². The molecular weight excluding hydrogens is 338 g/mol. The third-order valence-corrected chi connectivity index (χ3v) is 5.47. The number of primary amides is 1. The molecule has 0 radical (unpaired) electrons. The fraction of sp³-hybridized carbons (Fsp3) is 0.353. The number of hydrogen-bond acceptors (Lipinski definition) is 5. The van der Waals surface area contributed by atoms with Gasteiger partial charge in [-0.05, 0) is 55.2 Å². The van der Waals surface area contributed by atoms with Crippen LogP contribution in [-0.4, -0.2) is 26.5 Å². The van der Waals surface area contributed by atoms with Crippen molar-refractivity contribution in [1.29, 1.82) is 5.26 Å². The highest BCUT2D eigenvalue weighted by Gasteiger charge is 2.43. The van der Waals surface area contributed by atoms with Crippen LogP contribution in [0.5, 0.6) is 0 Å². The summed E-state index contributed by atoms with van der Waals surface area (Å²) in [5.74, 6) is -0.176. The Morgan fingerprint density at radius 3 is 2.64 bits per heavy atom. The summed E-state index contributed by atoms with van der Waals surface area (Å²) in [6.45, 7) is 2.01. The smallest absolute Gasteiger partial charge is 0.254 e. The standard InChI is InChI=1S/C17H19N5O2S/c1-17(7-11(8-17)9-18)22-10-14(15(19)23)16(21-22)20-12-3-5-13(6-4-12)25(2)24/h3-6,10-11H,7-8H2,1-2H3,(H2,19,23)(H,20,21). The zero-order chi connectivity index (χ0) is 18.2. The van der Waals surface area contributed by atoms with Crippen molar-refractivity contribution in [3.63, 3.8) is 0 Å². The van der Waals surface area contributed by atoms with Gasteiger partial charge >= 0.3 is 0 Å². The molecule has 1 saturated carbocycles. The Morgan fingerprint density at radius 1 is 1.48 bits per heavy atom. The molecule has 1 aliphatic carbocycles. The van der Waals surface area contributed by atoms with Gasteiger partial charge in [0, 0.05) is 11.9 Å². The molecule has 1 atom stereocenters. The summed E-state index contributed by atoms with van der Waals surface area (Å²) < 4.78 is 13.2. The lowest BCUT2D eigenvalue weighted by Crippen LogP contribution is -2.43. The molecule has 8 heteroatoms. The van der Waals surface area contributed by atoms with Gasteiger partial charge < -0.3 is 15.6 Å². The molecule has 1 aromatic heterocycles. The SMILES string of the molecule is C[S+]([O-])c1ccc(Nc2nn(C3(C)CC(C#N)C3)cc2C(N)=O)cc1. The van der Waals surface area contributed by atoms with Crippen molar-refractivity contribution in [1.82, 2.24) is 9.78 Å². The Balaban J connectivity index is 1.86. The second kappa shape index (κ2) is 6.43. The Kier molecular flexibility index (Phi) is 4.45. The van der Waals surface area contributed by atoms with Gasteiger partial charge in [0.1, 0.15) is 11.8 Å². The molecular formula is C17H19N5O2S. The topological polar surface area (TPSA) is 120 Å². The molecule has 0 bridgehead atoms. The predicted molar refractivity (Wildman–Crippen MR) is 94.8 cm³/mol. The number of aromatic nitrogens is 2. The molecule has 0 aliphatic heterocycles. The van der Waals surface area contributed by atoms with Crippen molar-refractivity contribution >= 4 is 28.6 Å². The highest BCUT2D eigenvalue weighted by atomic mass is 32.2. The maximum atomic E-state index is 11.8. The first-order valence-electron chi connectivity index (χ1n) is 7.82. The van der Waals surface area contributed by atoms with Crippen molar-refractivity contribution in [3.05, 3.63) is 36.0 Å². The number of nitrogens with one attached hydrogen (secondary N) is 1. The quantitative estimate of drug-likeness (QED) is 0.794. The number of hydrogen-bond donors (Lipinski definition) is 2. The molecule has 3 N–H and O–H groups in total. The van der Waals surface area contributed by atoms with Crippen LogP contribution in [-0.2, 0) is 16.7 Å². The zero-order valence-corrected chi connectivity index (χ0v) is 14.8. The van der Waals surface area contributed by atoms with E-state index in [0.29, 0.717) is 24.2 Å². The minimum atomic E-state index is -1.05. The molecule has 1 fully saturated rings. The number of rotatable bonds is 5. The van der Waals surface area contributed by atoms with E-state index in [-0.39, 0.29) is 11.5 Å². The number of anilines is 2. The lowest BCUT2D eigenvalue weighted by atomic mass is 9.70. The van der Waals surface area contributed by atoms with E-state index in [0.717, 1.165) is 10.6 Å². The van der Waals surface area contributed by atoms with Crippen LogP contribution in [0, 0.1) is 17.2 Å². The summed E-state index contributed by atoms with van der Waals surface area (Å²) in [5.41, 5.74) is 6.21. The van der Waals surface area contributed by atoms with E-state index in [2.05, 4.69) is 16.5 Å². The Labute approximate surface area is 149 Å². The van der Waals surface area contributed by atoms with Crippen LogP contribution in [0.4, 0.5) is 11.5 Å². The summed E-state index contributed by atoms with van der Waals surface area (Å²) in [6.07, 6.45) is 4.64. The van der Waals surface area contributed by atoms with Gasteiger partial charge in [0.05, 0.1) is 17.5 Å². The summed E-state index contributed by atoms with van der Waals surface area (Å²) in [6, 6.07) is 9.31. The van der Waals surface area contributed by atoms with E-state index < -0.39 is 17.1 Å². The van der Waals surface area contributed by atoms with Gasteiger partial charge in [-0.2, -0.15) is 10.4 Å². The fourth-order valence-corrected chi connectivity index (χ4v) is 3.59. The van der Waals surface area contributed by atoms with Crippen molar-refractivity contribution in [3.8, 4) is 6.07 Å². The van der Waals surface area contributed by atoms with Gasteiger partial charge in [-0.1, -0.05) is 0 Å². The maximum absolute atomic E-state index is 11.8. The minimum absolute atomic E-state index is 0.0186. The molecule has 25 heavy (non-hydrogen) atoms. The van der Waals surface area contributed by atoms with Gasteiger partial charge in [-0.25, -0.2) is 0 Å². The van der Waals surface area contributed by atoms with Crippen molar-refractivity contribution in [2.75, 3.05) is 11.6 Å². The molecule has 1 aromatic carbocycles. The number of carbonyl (C=O) groups excluding carboxylic acids is 1. The summed E-state index contributed by atoms with van der Waals surface area (Å²) >= 11 is -1.05. The second-order valence-electron chi connectivity index (χ2n) is 6.53. The third kappa shape index (κ3) is 3.34. The molecule has 1 amide bonds. The lowest BCUT2D eigenvalue weighted by molar-refractivity contribution is 0.0992. The molecule has 2 aromatic rings. The minimum Gasteiger partial charge on any atom is -0.612 e. The van der Waals surface area contributed by atoms with Crippen LogP contribution in [0.25, 0.3) is 0 Å². The van der Waals surface area contributed by atoms with Crippen molar-refractivity contribution < 1.29 is 9.35 Å². The summed E-state index contributed by atoms with van der Waals surface area (Å²) in [7, 11) is 0. The Hall–Kier alpha value is -2.50. The van der Waals surface area contributed by atoms with Crippen LogP contribution in [0.1, 0.15) is 30.1 Å². The number of nitrogens with two attached hydrogens (primary N) is 1. The molecule has 3 rings (SSSR count). The first-order valence-corrected chi connectivity index (χ1v) is 9.38. The van der Waals surface area contributed by atoms with E-state index in [1.165, 1.54) is 0 Å². The largest absolute Gasteiger partial charge is 0.612 e. The molecule has 130 valence electrons. The fourth-order valence-electron chi connectivity index (χ4n) is 3.07. The number of carbonyl (C=O) groups is 1. The number of nitrogens with zero attached hydrogens (tertiary/aromatic N) is 3. The van der Waals surface area contributed by atoms with Crippen LogP contribution in [0.15, 0.2) is 35.4 Å². The zero-order valence-electron chi connectivity index (χ0n) is 14.0. The van der Waals surface area contributed by atoms with Crippen LogP contribution < -0.4 is 11.1 Å². The average Bonchev–Trinajstić information content (AvgIpc) is 2.96. The van der Waals surface area contributed by atoms with Crippen LogP contribution in [0.2, 0.25) is 0 Å². The Morgan fingerprint density at radius 2 is 2.12 bits per heavy atom.